The van der Waals surface area contributed by atoms with Crippen molar-refractivity contribution in [2.45, 2.75) is 13.1 Å². The quantitative estimate of drug-likeness (QED) is 0.736. The van der Waals surface area contributed by atoms with Crippen LogP contribution >= 0.6 is 0 Å². The van der Waals surface area contributed by atoms with Crippen molar-refractivity contribution >= 4 is 11.6 Å². The molecule has 0 spiro atoms. The first-order valence-corrected chi connectivity index (χ1v) is 8.32. The first-order chi connectivity index (χ1) is 12.7. The van der Waals surface area contributed by atoms with Crippen LogP contribution in [0.15, 0.2) is 67.0 Å². The molecule has 0 saturated heterocycles. The van der Waals surface area contributed by atoms with Crippen LogP contribution < -0.4 is 5.32 Å². The summed E-state index contributed by atoms with van der Waals surface area (Å²) in [4.78, 5) is 18.4. The van der Waals surface area contributed by atoms with Crippen molar-refractivity contribution in [3.63, 3.8) is 0 Å². The lowest BCUT2D eigenvalue weighted by Crippen LogP contribution is -2.13. The van der Waals surface area contributed by atoms with E-state index >= 15 is 0 Å². The predicted octanol–water partition coefficient (Wildman–Crippen LogP) is 3.80. The van der Waals surface area contributed by atoms with E-state index in [9.17, 15) is 4.79 Å². The second-order valence-corrected chi connectivity index (χ2v) is 6.17. The zero-order valence-corrected chi connectivity index (χ0v) is 14.0. The van der Waals surface area contributed by atoms with Gasteiger partial charge >= 0.3 is 0 Å². The van der Waals surface area contributed by atoms with Gasteiger partial charge in [0.2, 0.25) is 0 Å². The molecule has 0 bridgehead atoms. The van der Waals surface area contributed by atoms with Crippen LogP contribution in [0.2, 0.25) is 0 Å². The molecule has 1 aromatic heterocycles. The molecule has 4 rings (SSSR count). The SMILES string of the molecule is N#CN1Cc2cccc(NC(=O)c3ccc(-c4cccnc4)cc3)c2C1. The van der Waals surface area contributed by atoms with Gasteiger partial charge in [-0.15, -0.1) is 0 Å². The Labute approximate surface area is 151 Å². The molecule has 0 aliphatic carbocycles. The van der Waals surface area contributed by atoms with Gasteiger partial charge in [-0.1, -0.05) is 30.3 Å². The zero-order valence-electron chi connectivity index (χ0n) is 14.0. The topological polar surface area (TPSA) is 69.0 Å². The lowest BCUT2D eigenvalue weighted by atomic mass is 10.0. The number of pyridine rings is 1. The van der Waals surface area contributed by atoms with Crippen LogP contribution in [0.3, 0.4) is 0 Å². The van der Waals surface area contributed by atoms with Gasteiger partial charge in [0.15, 0.2) is 6.19 Å². The molecule has 2 aromatic carbocycles. The molecular weight excluding hydrogens is 324 g/mol. The molecule has 0 unspecified atom stereocenters. The Morgan fingerprint density at radius 2 is 1.88 bits per heavy atom. The molecule has 0 fully saturated rings. The summed E-state index contributed by atoms with van der Waals surface area (Å²) in [7, 11) is 0. The largest absolute Gasteiger partial charge is 0.322 e. The Balaban J connectivity index is 1.53. The van der Waals surface area contributed by atoms with E-state index in [1.807, 2.05) is 54.6 Å². The molecule has 126 valence electrons. The Morgan fingerprint density at radius 1 is 1.04 bits per heavy atom. The molecule has 1 amide bonds. The number of carbonyl (C=O) groups excluding carboxylic acids is 1. The Hall–Kier alpha value is -3.65. The Bertz CT molecular complexity index is 991. The van der Waals surface area contributed by atoms with Gasteiger partial charge in [0.25, 0.3) is 5.91 Å². The van der Waals surface area contributed by atoms with Crippen molar-refractivity contribution in [3.05, 3.63) is 83.7 Å². The summed E-state index contributed by atoms with van der Waals surface area (Å²) < 4.78 is 0. The third-order valence-electron chi connectivity index (χ3n) is 4.51. The van der Waals surface area contributed by atoms with Crippen molar-refractivity contribution in [1.29, 1.82) is 5.26 Å². The van der Waals surface area contributed by atoms with Crippen LogP contribution in [-0.4, -0.2) is 15.8 Å². The summed E-state index contributed by atoms with van der Waals surface area (Å²) in [5.41, 5.74) is 5.47. The summed E-state index contributed by atoms with van der Waals surface area (Å²) in [5.74, 6) is -0.161. The minimum atomic E-state index is -0.161. The number of amides is 1. The van der Waals surface area contributed by atoms with E-state index in [1.54, 1.807) is 17.3 Å². The van der Waals surface area contributed by atoms with Gasteiger partial charge in [-0.3, -0.25) is 9.78 Å². The van der Waals surface area contributed by atoms with Gasteiger partial charge in [0.05, 0.1) is 13.1 Å². The van der Waals surface area contributed by atoms with Crippen molar-refractivity contribution in [1.82, 2.24) is 9.88 Å². The number of rotatable bonds is 3. The predicted molar refractivity (Wildman–Crippen MR) is 98.9 cm³/mol. The van der Waals surface area contributed by atoms with Crippen molar-refractivity contribution in [2.75, 3.05) is 5.32 Å². The maximum absolute atomic E-state index is 12.6. The maximum atomic E-state index is 12.6. The molecule has 0 radical (unpaired) electrons. The van der Waals surface area contributed by atoms with E-state index in [1.165, 1.54) is 0 Å². The Kier molecular flexibility index (Phi) is 4.08. The van der Waals surface area contributed by atoms with E-state index in [0.717, 1.165) is 27.9 Å². The smallest absolute Gasteiger partial charge is 0.255 e. The number of benzene rings is 2. The van der Waals surface area contributed by atoms with Gasteiger partial charge < -0.3 is 10.2 Å². The minimum Gasteiger partial charge on any atom is -0.322 e. The summed E-state index contributed by atoms with van der Waals surface area (Å²) in [6, 6.07) is 17.1. The summed E-state index contributed by atoms with van der Waals surface area (Å²) >= 11 is 0. The third kappa shape index (κ3) is 3.01. The second kappa shape index (κ2) is 6.69. The van der Waals surface area contributed by atoms with Crippen molar-refractivity contribution < 1.29 is 4.79 Å². The number of fused-ring (bicyclic) bond motifs is 1. The van der Waals surface area contributed by atoms with Crippen LogP contribution in [0, 0.1) is 11.5 Å². The van der Waals surface area contributed by atoms with Crippen LogP contribution in [0.5, 0.6) is 0 Å². The van der Waals surface area contributed by atoms with E-state index < -0.39 is 0 Å². The van der Waals surface area contributed by atoms with Crippen molar-refractivity contribution in [3.8, 4) is 17.3 Å². The monoisotopic (exact) mass is 340 g/mol. The van der Waals surface area contributed by atoms with Gasteiger partial charge in [0, 0.05) is 29.2 Å². The van der Waals surface area contributed by atoms with E-state index in [4.69, 9.17) is 5.26 Å². The fourth-order valence-electron chi connectivity index (χ4n) is 3.15. The molecule has 2 heterocycles. The van der Waals surface area contributed by atoms with Gasteiger partial charge in [-0.05, 0) is 41.0 Å². The highest BCUT2D eigenvalue weighted by Gasteiger charge is 2.21. The van der Waals surface area contributed by atoms with Crippen LogP contribution in [-0.2, 0) is 13.1 Å². The molecule has 1 N–H and O–H groups in total. The molecule has 5 heteroatoms. The molecule has 1 aliphatic rings. The standard InChI is InChI=1S/C21H16N4O/c22-14-25-12-18-3-1-5-20(19(18)13-25)24-21(26)16-8-6-15(7-9-16)17-4-2-10-23-11-17/h1-11H,12-13H2,(H,24,26). The molecule has 3 aromatic rings. The van der Waals surface area contributed by atoms with E-state index in [-0.39, 0.29) is 5.91 Å². The highest BCUT2D eigenvalue weighted by molar-refractivity contribution is 6.05. The molecule has 26 heavy (non-hydrogen) atoms. The lowest BCUT2D eigenvalue weighted by Gasteiger charge is -2.10. The van der Waals surface area contributed by atoms with E-state index in [2.05, 4.69) is 16.5 Å². The van der Waals surface area contributed by atoms with Crippen LogP contribution in [0.1, 0.15) is 21.5 Å². The summed E-state index contributed by atoms with van der Waals surface area (Å²) in [6.45, 7) is 1.12. The molecule has 1 aliphatic heterocycles. The molecular formula is C21H16N4O. The number of nitrogens with one attached hydrogen (secondary N) is 1. The number of anilines is 1. The number of aromatic nitrogens is 1. The third-order valence-corrected chi connectivity index (χ3v) is 4.51. The van der Waals surface area contributed by atoms with E-state index in [0.29, 0.717) is 18.7 Å². The Morgan fingerprint density at radius 3 is 2.62 bits per heavy atom. The summed E-state index contributed by atoms with van der Waals surface area (Å²) in [5, 5.41) is 12.1. The van der Waals surface area contributed by atoms with Crippen LogP contribution in [0.4, 0.5) is 5.69 Å². The zero-order chi connectivity index (χ0) is 17.9. The number of nitrogens with zero attached hydrogens (tertiary/aromatic N) is 3. The molecule has 0 atom stereocenters. The average molecular weight is 340 g/mol. The minimum absolute atomic E-state index is 0.161. The first kappa shape index (κ1) is 15.9. The lowest BCUT2D eigenvalue weighted by molar-refractivity contribution is 0.102. The molecule has 5 nitrogen and oxygen atoms in total. The van der Waals surface area contributed by atoms with Gasteiger partial charge in [-0.2, -0.15) is 5.26 Å². The molecule has 0 saturated carbocycles. The fourth-order valence-corrected chi connectivity index (χ4v) is 3.15. The number of nitriles is 1. The maximum Gasteiger partial charge on any atom is 0.255 e. The highest BCUT2D eigenvalue weighted by Crippen LogP contribution is 2.29. The highest BCUT2D eigenvalue weighted by atomic mass is 16.1. The second-order valence-electron chi connectivity index (χ2n) is 6.17. The number of hydrogen-bond donors (Lipinski definition) is 1. The number of hydrogen-bond acceptors (Lipinski definition) is 4. The number of carbonyl (C=O) groups is 1. The van der Waals surface area contributed by atoms with Gasteiger partial charge in [0.1, 0.15) is 0 Å². The first-order valence-electron chi connectivity index (χ1n) is 8.32. The van der Waals surface area contributed by atoms with Gasteiger partial charge in [-0.25, -0.2) is 0 Å². The summed E-state index contributed by atoms with van der Waals surface area (Å²) in [6.07, 6.45) is 5.69. The van der Waals surface area contributed by atoms with Crippen LogP contribution in [0.25, 0.3) is 11.1 Å². The fraction of sp³-hybridized carbons (Fsp3) is 0.0952. The normalized spacial score (nSPS) is 12.3. The average Bonchev–Trinajstić information content (AvgIpc) is 3.13. The van der Waals surface area contributed by atoms with Crippen molar-refractivity contribution in [2.24, 2.45) is 0 Å².